The topological polar surface area (TPSA) is 98.0 Å². The van der Waals surface area contributed by atoms with E-state index in [1.807, 2.05) is 51.0 Å². The van der Waals surface area contributed by atoms with Gasteiger partial charge in [-0.1, -0.05) is 90.1 Å². The van der Waals surface area contributed by atoms with Crippen molar-refractivity contribution in [3.63, 3.8) is 0 Å². The molecule has 2 saturated heterocycles. The Labute approximate surface area is 395 Å². The minimum absolute atomic E-state index is 0.0120. The van der Waals surface area contributed by atoms with E-state index in [2.05, 4.69) is 106 Å². The van der Waals surface area contributed by atoms with Crippen LogP contribution in [0.2, 0.25) is 0 Å². The molecule has 0 bridgehead atoms. The zero-order valence-corrected chi connectivity index (χ0v) is 41.3. The number of carbonyl (C=O) groups is 2. The molecule has 6 heterocycles. The Morgan fingerprint density at radius 1 is 0.800 bits per heavy atom. The van der Waals surface area contributed by atoms with Crippen LogP contribution < -0.4 is 0 Å². The molecule has 1 aliphatic carbocycles. The van der Waals surface area contributed by atoms with Crippen LogP contribution in [0, 0.1) is 17.8 Å². The Hall–Kier alpha value is -4.14. The third kappa shape index (κ3) is 10.4. The van der Waals surface area contributed by atoms with Gasteiger partial charge in [0.2, 0.25) is 0 Å². The lowest BCUT2D eigenvalue weighted by atomic mass is 9.80. The van der Waals surface area contributed by atoms with Crippen LogP contribution >= 0.6 is 23.5 Å². The molecule has 5 aliphatic rings. The quantitative estimate of drug-likeness (QED) is 0.136. The Kier molecular flexibility index (Phi) is 15.8. The zero-order chi connectivity index (χ0) is 45.6. The number of hydrogen-bond acceptors (Lipinski definition) is 9. The average Bonchev–Trinajstić information content (AvgIpc) is 3.92. The van der Waals surface area contributed by atoms with Crippen molar-refractivity contribution in [3.8, 4) is 22.5 Å². The van der Waals surface area contributed by atoms with Crippen molar-refractivity contribution in [3.05, 3.63) is 88.8 Å². The van der Waals surface area contributed by atoms with Gasteiger partial charge in [-0.3, -0.25) is 19.2 Å². The molecule has 0 radical (unpaired) electrons. The minimum atomic E-state index is 0.0120. The highest BCUT2D eigenvalue weighted by Gasteiger charge is 2.36. The maximum atomic E-state index is 13.7. The molecule has 65 heavy (non-hydrogen) atoms. The number of amides is 2. The van der Waals surface area contributed by atoms with Crippen LogP contribution in [-0.2, 0) is 27.5 Å². The van der Waals surface area contributed by atoms with Gasteiger partial charge in [0.05, 0.1) is 49.6 Å². The van der Waals surface area contributed by atoms with Crippen molar-refractivity contribution in [1.82, 2.24) is 34.3 Å². The van der Waals surface area contributed by atoms with Gasteiger partial charge in [-0.25, -0.2) is 4.68 Å². The van der Waals surface area contributed by atoms with Crippen molar-refractivity contribution in [2.24, 2.45) is 17.8 Å². The molecule has 348 valence electrons. The van der Waals surface area contributed by atoms with Gasteiger partial charge in [-0.05, 0) is 81.2 Å². The highest BCUT2D eigenvalue weighted by atomic mass is 32.2. The smallest absolute Gasteiger partial charge is 0.274 e. The number of benzene rings is 2. The van der Waals surface area contributed by atoms with Gasteiger partial charge >= 0.3 is 0 Å². The van der Waals surface area contributed by atoms with E-state index in [0.717, 1.165) is 72.9 Å². The largest absolute Gasteiger partial charge is 0.378 e. The second-order valence-corrected chi connectivity index (χ2v) is 20.7. The summed E-state index contributed by atoms with van der Waals surface area (Å²) >= 11 is 3.67. The summed E-state index contributed by atoms with van der Waals surface area (Å²) in [6, 6.07) is 15.6. The van der Waals surface area contributed by atoms with Crippen molar-refractivity contribution in [1.29, 1.82) is 0 Å². The molecular formula is C52H69N7O4S2. The molecule has 11 nitrogen and oxygen atoms in total. The normalized spacial score (nSPS) is 20.9. The van der Waals surface area contributed by atoms with E-state index in [4.69, 9.17) is 19.7 Å². The summed E-state index contributed by atoms with van der Waals surface area (Å²) in [7, 11) is 0. The first-order valence-electron chi connectivity index (χ1n) is 24.1. The molecule has 2 aromatic heterocycles. The molecule has 4 aliphatic heterocycles. The minimum Gasteiger partial charge on any atom is -0.378 e. The Morgan fingerprint density at radius 2 is 1.42 bits per heavy atom. The maximum absolute atomic E-state index is 13.7. The molecule has 13 heteroatoms. The van der Waals surface area contributed by atoms with E-state index in [9.17, 15) is 9.59 Å². The number of nitrogens with zero attached hydrogens (tertiary/aromatic N) is 7. The fraction of sp³-hybridized carbons (Fsp3) is 0.538. The standard InChI is InChI=1S/C29H40N4O2S.C23H29N3O2S/c1-6-10-23(18-21(4)5)33-27-24-12-9-11-22(19-31(8-3)13-7-2)28(24)36-20-25(27)26(30-33)29(34)32-14-16-35-17-15-32;1-15-11-16(2)13-17(12-15)26-22-18-5-3-4-6-20(18)29-14-19(22)21(24-26)23(27)25-7-9-28-10-8-25/h6,9-12,18,21H,7-8,13-17,19-20H2,1-5H3;3-6,15-17H,7-14H2,1-2H3/b10-6-,23-18+;. The predicted molar refractivity (Wildman–Crippen MR) is 264 cm³/mol. The van der Waals surface area contributed by atoms with E-state index >= 15 is 0 Å². The van der Waals surface area contributed by atoms with E-state index in [0.29, 0.717) is 87.8 Å². The average molecular weight is 920 g/mol. The van der Waals surface area contributed by atoms with Crippen molar-refractivity contribution < 1.29 is 19.1 Å². The Balaban J connectivity index is 0.000000181. The fourth-order valence-electron chi connectivity index (χ4n) is 10.3. The van der Waals surface area contributed by atoms with Crippen LogP contribution in [0.5, 0.6) is 0 Å². The summed E-state index contributed by atoms with van der Waals surface area (Å²) in [6.07, 6.45) is 11.1. The molecule has 3 fully saturated rings. The van der Waals surface area contributed by atoms with Crippen LogP contribution in [0.25, 0.3) is 28.2 Å². The highest BCUT2D eigenvalue weighted by molar-refractivity contribution is 7.99. The molecule has 1 saturated carbocycles. The van der Waals surface area contributed by atoms with Crippen LogP contribution in [0.15, 0.2) is 70.5 Å². The summed E-state index contributed by atoms with van der Waals surface area (Å²) in [6.45, 7) is 23.5. The molecule has 0 N–H and O–H groups in total. The van der Waals surface area contributed by atoms with E-state index in [-0.39, 0.29) is 11.8 Å². The molecule has 0 spiro atoms. The summed E-state index contributed by atoms with van der Waals surface area (Å²) in [5.41, 5.74) is 10.4. The molecule has 2 amide bonds. The maximum Gasteiger partial charge on any atom is 0.274 e. The van der Waals surface area contributed by atoms with Gasteiger partial charge in [-0.15, -0.1) is 23.5 Å². The van der Waals surface area contributed by atoms with E-state index in [1.165, 1.54) is 38.6 Å². The van der Waals surface area contributed by atoms with Gasteiger partial charge in [0, 0.05) is 76.3 Å². The number of allylic oxidation sites excluding steroid dienone is 4. The summed E-state index contributed by atoms with van der Waals surface area (Å²) in [5.74, 6) is 3.37. The first kappa shape index (κ1) is 47.4. The van der Waals surface area contributed by atoms with Crippen LogP contribution in [-0.4, -0.2) is 112 Å². The first-order chi connectivity index (χ1) is 31.6. The Morgan fingerprint density at radius 3 is 2.05 bits per heavy atom. The third-order valence-corrected chi connectivity index (χ3v) is 15.5. The zero-order valence-electron chi connectivity index (χ0n) is 39.7. The first-order valence-corrected chi connectivity index (χ1v) is 26.1. The molecular weight excluding hydrogens is 851 g/mol. The molecule has 2 atom stereocenters. The monoisotopic (exact) mass is 919 g/mol. The van der Waals surface area contributed by atoms with Gasteiger partial charge in [0.15, 0.2) is 11.4 Å². The van der Waals surface area contributed by atoms with Crippen molar-refractivity contribution in [2.45, 2.75) is 108 Å². The number of fused-ring (bicyclic) bond motifs is 6. The van der Waals surface area contributed by atoms with Crippen LogP contribution in [0.1, 0.15) is 118 Å². The van der Waals surface area contributed by atoms with Crippen molar-refractivity contribution >= 4 is 41.0 Å². The third-order valence-electron chi connectivity index (χ3n) is 13.2. The number of morpholine rings is 2. The van der Waals surface area contributed by atoms with Gasteiger partial charge in [-0.2, -0.15) is 10.2 Å². The van der Waals surface area contributed by atoms with Gasteiger partial charge in [0.25, 0.3) is 11.8 Å². The number of carbonyl (C=O) groups excluding carboxylic acids is 2. The second kappa shape index (κ2) is 21.7. The lowest BCUT2D eigenvalue weighted by molar-refractivity contribution is 0.0296. The van der Waals surface area contributed by atoms with Gasteiger partial charge < -0.3 is 19.3 Å². The number of thioether (sulfide) groups is 2. The summed E-state index contributed by atoms with van der Waals surface area (Å²) in [5, 5.41) is 10.0. The second-order valence-electron chi connectivity index (χ2n) is 18.7. The lowest BCUT2D eigenvalue weighted by Gasteiger charge is -2.33. The number of aromatic nitrogens is 4. The SMILES string of the molecule is C/C=C\C(=C/C(C)C)n1nc(C(=O)N2CCOCC2)c2c1-c1cccc(CN(CC)CCC)c1SC2.CC1CC(C)CC(n2nc(C(=O)N3CCOCC3)c3c2-c2ccccc2SC3)C1. The van der Waals surface area contributed by atoms with E-state index in [1.54, 1.807) is 0 Å². The number of hydrogen-bond donors (Lipinski definition) is 0. The van der Waals surface area contributed by atoms with Gasteiger partial charge in [0.1, 0.15) is 0 Å². The predicted octanol–water partition coefficient (Wildman–Crippen LogP) is 10.6. The van der Waals surface area contributed by atoms with Crippen molar-refractivity contribution in [2.75, 3.05) is 65.7 Å². The summed E-state index contributed by atoms with van der Waals surface area (Å²) < 4.78 is 15.2. The number of rotatable bonds is 11. The summed E-state index contributed by atoms with van der Waals surface area (Å²) in [4.78, 5) is 36.0. The van der Waals surface area contributed by atoms with Crippen LogP contribution in [0.3, 0.4) is 0 Å². The number of ether oxygens (including phenoxy) is 2. The molecule has 2 aromatic carbocycles. The molecule has 9 rings (SSSR count). The molecule has 4 aromatic rings. The van der Waals surface area contributed by atoms with Crippen LogP contribution in [0.4, 0.5) is 0 Å². The fourth-order valence-corrected chi connectivity index (χ4v) is 12.5. The molecule has 2 unspecified atom stereocenters. The van der Waals surface area contributed by atoms with E-state index < -0.39 is 0 Å². The highest BCUT2D eigenvalue weighted by Crippen LogP contribution is 2.48. The Bertz CT molecular complexity index is 2360. The lowest BCUT2D eigenvalue weighted by Crippen LogP contribution is -2.41.